The van der Waals surface area contributed by atoms with E-state index in [1.807, 2.05) is 6.92 Å². The Morgan fingerprint density at radius 3 is 2.84 bits per heavy atom. The third kappa shape index (κ3) is 5.77. The molecule has 2 heterocycles. The summed E-state index contributed by atoms with van der Waals surface area (Å²) in [6, 6.07) is 5.11. The van der Waals surface area contributed by atoms with Crippen LogP contribution in [0.3, 0.4) is 0 Å². The van der Waals surface area contributed by atoms with Crippen molar-refractivity contribution in [3.8, 4) is 5.75 Å². The number of carbonyl (C=O) groups excluding carboxylic acids is 2. The van der Waals surface area contributed by atoms with E-state index in [1.54, 1.807) is 37.3 Å². The maximum Gasteiger partial charge on any atom is 0.275 e. The van der Waals surface area contributed by atoms with Crippen LogP contribution < -0.4 is 15.4 Å². The highest BCUT2D eigenvalue weighted by Crippen LogP contribution is 2.26. The van der Waals surface area contributed by atoms with Crippen molar-refractivity contribution < 1.29 is 19.1 Å². The molecule has 0 bridgehead atoms. The van der Waals surface area contributed by atoms with E-state index in [4.69, 9.17) is 9.47 Å². The van der Waals surface area contributed by atoms with Gasteiger partial charge in [0.25, 0.3) is 11.8 Å². The molecule has 166 valence electrons. The van der Waals surface area contributed by atoms with Gasteiger partial charge in [-0.1, -0.05) is 6.92 Å². The van der Waals surface area contributed by atoms with Gasteiger partial charge < -0.3 is 25.0 Å². The van der Waals surface area contributed by atoms with E-state index >= 15 is 0 Å². The number of benzene rings is 1. The van der Waals surface area contributed by atoms with Gasteiger partial charge >= 0.3 is 0 Å². The molecule has 2 amide bonds. The zero-order valence-corrected chi connectivity index (χ0v) is 18.3. The fourth-order valence-electron chi connectivity index (χ4n) is 3.35. The van der Waals surface area contributed by atoms with E-state index in [-0.39, 0.29) is 29.7 Å². The van der Waals surface area contributed by atoms with Crippen molar-refractivity contribution in [1.82, 2.24) is 20.2 Å². The molecule has 31 heavy (non-hydrogen) atoms. The van der Waals surface area contributed by atoms with E-state index in [9.17, 15) is 9.59 Å². The number of nitrogens with zero attached hydrogens (tertiary/aromatic N) is 3. The van der Waals surface area contributed by atoms with E-state index in [0.717, 1.165) is 6.54 Å². The van der Waals surface area contributed by atoms with Gasteiger partial charge in [-0.15, -0.1) is 0 Å². The van der Waals surface area contributed by atoms with Crippen LogP contribution in [-0.2, 0) is 4.74 Å². The van der Waals surface area contributed by atoms with E-state index in [2.05, 4.69) is 27.5 Å². The largest absolute Gasteiger partial charge is 0.491 e. The smallest absolute Gasteiger partial charge is 0.275 e. The summed E-state index contributed by atoms with van der Waals surface area (Å²) < 4.78 is 11.6. The summed E-state index contributed by atoms with van der Waals surface area (Å²) in [7, 11) is 3.39. The van der Waals surface area contributed by atoms with E-state index < -0.39 is 5.91 Å². The van der Waals surface area contributed by atoms with Crippen molar-refractivity contribution in [2.75, 3.05) is 39.2 Å². The molecule has 0 saturated heterocycles. The highest BCUT2D eigenvalue weighted by molar-refractivity contribution is 6.04. The topological polar surface area (TPSA) is 106 Å². The second-order valence-electron chi connectivity index (χ2n) is 7.81. The molecule has 3 atom stereocenters. The van der Waals surface area contributed by atoms with Crippen LogP contribution in [0.4, 0.5) is 5.69 Å². The van der Waals surface area contributed by atoms with Gasteiger partial charge in [0, 0.05) is 51.4 Å². The van der Waals surface area contributed by atoms with Crippen LogP contribution in [0.5, 0.6) is 5.75 Å². The summed E-state index contributed by atoms with van der Waals surface area (Å²) in [6.07, 6.45) is 4.21. The normalized spacial score (nSPS) is 22.5. The molecule has 9 nitrogen and oxygen atoms in total. The van der Waals surface area contributed by atoms with Crippen LogP contribution in [0, 0.1) is 5.92 Å². The number of nitrogens with one attached hydrogen (secondary N) is 2. The van der Waals surface area contributed by atoms with Crippen molar-refractivity contribution in [3.05, 3.63) is 48.0 Å². The second kappa shape index (κ2) is 10.3. The van der Waals surface area contributed by atoms with E-state index in [1.165, 1.54) is 18.6 Å². The van der Waals surface area contributed by atoms with Crippen LogP contribution in [-0.4, -0.2) is 72.7 Å². The van der Waals surface area contributed by atoms with Gasteiger partial charge in [0.1, 0.15) is 18.1 Å². The second-order valence-corrected chi connectivity index (χ2v) is 7.81. The molecular weight excluding hydrogens is 398 g/mol. The first-order chi connectivity index (χ1) is 14.9. The van der Waals surface area contributed by atoms with Crippen LogP contribution in [0.1, 0.15) is 34.7 Å². The number of hydrogen-bond donors (Lipinski definition) is 2. The number of aromatic nitrogens is 2. The Balaban J connectivity index is 1.88. The van der Waals surface area contributed by atoms with Crippen molar-refractivity contribution in [2.24, 2.45) is 5.92 Å². The number of fused-ring (bicyclic) bond motifs is 1. The number of rotatable bonds is 3. The van der Waals surface area contributed by atoms with Crippen molar-refractivity contribution in [3.63, 3.8) is 0 Å². The van der Waals surface area contributed by atoms with Crippen molar-refractivity contribution in [1.29, 1.82) is 0 Å². The Morgan fingerprint density at radius 2 is 2.13 bits per heavy atom. The molecule has 2 aromatic rings. The standard InChI is InChI=1S/C22H29N5O4/c1-14-10-25-15(2)13-31-19-6-5-16(26-21(28)18-11-23-7-8-24-18)9-17(19)22(29)27(3)12-20(14)30-4/h5-9,11,14-15,20,25H,10,12-13H2,1-4H3,(H,26,28)/t14-,15+,20-/m0/s1. The molecule has 1 aliphatic heterocycles. The molecule has 2 N–H and O–H groups in total. The quantitative estimate of drug-likeness (QED) is 0.770. The third-order valence-corrected chi connectivity index (χ3v) is 5.28. The maximum absolute atomic E-state index is 13.2. The minimum Gasteiger partial charge on any atom is -0.491 e. The monoisotopic (exact) mass is 427 g/mol. The molecule has 9 heteroatoms. The molecule has 1 aromatic heterocycles. The minimum atomic E-state index is -0.408. The van der Waals surface area contributed by atoms with Gasteiger partial charge in [-0.3, -0.25) is 14.6 Å². The molecule has 1 aromatic carbocycles. The Morgan fingerprint density at radius 1 is 1.32 bits per heavy atom. The summed E-state index contributed by atoms with van der Waals surface area (Å²) >= 11 is 0. The van der Waals surface area contributed by atoms with Gasteiger partial charge in [-0.25, -0.2) is 4.98 Å². The Bertz CT molecular complexity index is 908. The number of anilines is 1. The van der Waals surface area contributed by atoms with Gasteiger partial charge in [0.2, 0.25) is 0 Å². The zero-order valence-electron chi connectivity index (χ0n) is 18.3. The highest BCUT2D eigenvalue weighted by atomic mass is 16.5. The van der Waals surface area contributed by atoms with Gasteiger partial charge in [-0.2, -0.15) is 0 Å². The molecular formula is C22H29N5O4. The molecule has 0 aliphatic carbocycles. The van der Waals surface area contributed by atoms with Crippen molar-refractivity contribution in [2.45, 2.75) is 26.0 Å². The average Bonchev–Trinajstić information content (AvgIpc) is 2.79. The van der Waals surface area contributed by atoms with E-state index in [0.29, 0.717) is 30.2 Å². The third-order valence-electron chi connectivity index (χ3n) is 5.28. The molecule has 3 rings (SSSR count). The molecule has 0 spiro atoms. The first-order valence-electron chi connectivity index (χ1n) is 10.2. The molecule has 0 fully saturated rings. The number of hydrogen-bond acceptors (Lipinski definition) is 7. The summed E-state index contributed by atoms with van der Waals surface area (Å²) in [5, 5.41) is 6.21. The lowest BCUT2D eigenvalue weighted by Crippen LogP contribution is -2.44. The zero-order chi connectivity index (χ0) is 22.4. The van der Waals surface area contributed by atoms with Crippen molar-refractivity contribution >= 4 is 17.5 Å². The number of likely N-dealkylation sites (N-methyl/N-ethyl adjacent to an activating group) is 1. The SMILES string of the molecule is CO[C@H]1CN(C)C(=O)c2cc(NC(=O)c3cnccn3)ccc2OC[C@@H](C)NC[C@@H]1C. The summed E-state index contributed by atoms with van der Waals surface area (Å²) in [5.41, 5.74) is 1.02. The summed E-state index contributed by atoms with van der Waals surface area (Å²) in [5.74, 6) is 0.0554. The maximum atomic E-state index is 13.2. The first kappa shape index (κ1) is 22.6. The minimum absolute atomic E-state index is 0.0936. The molecule has 0 radical (unpaired) electrons. The Kier molecular flexibility index (Phi) is 7.54. The van der Waals surface area contributed by atoms with Gasteiger partial charge in [-0.05, 0) is 31.0 Å². The predicted octanol–water partition coefficient (Wildman–Crippen LogP) is 1.82. The molecule has 0 unspecified atom stereocenters. The summed E-state index contributed by atoms with van der Waals surface area (Å²) in [4.78, 5) is 35.2. The average molecular weight is 428 g/mol. The fraction of sp³-hybridized carbons (Fsp3) is 0.455. The van der Waals surface area contributed by atoms with Gasteiger partial charge in [0.05, 0.1) is 17.9 Å². The predicted molar refractivity (Wildman–Crippen MR) is 116 cm³/mol. The number of methoxy groups -OCH3 is 1. The summed E-state index contributed by atoms with van der Waals surface area (Å²) in [6.45, 7) is 5.71. The van der Waals surface area contributed by atoms with Crippen LogP contribution >= 0.6 is 0 Å². The number of carbonyl (C=O) groups is 2. The Labute approximate surface area is 182 Å². The lowest BCUT2D eigenvalue weighted by molar-refractivity contribution is 0.0281. The fourth-order valence-corrected chi connectivity index (χ4v) is 3.35. The first-order valence-corrected chi connectivity index (χ1v) is 10.2. The van der Waals surface area contributed by atoms with Crippen LogP contribution in [0.25, 0.3) is 0 Å². The van der Waals surface area contributed by atoms with Crippen LogP contribution in [0.15, 0.2) is 36.8 Å². The van der Waals surface area contributed by atoms with Gasteiger partial charge in [0.15, 0.2) is 0 Å². The number of ether oxygens (including phenoxy) is 2. The molecule has 1 aliphatic rings. The lowest BCUT2D eigenvalue weighted by atomic mass is 10.0. The molecule has 0 saturated carbocycles. The highest BCUT2D eigenvalue weighted by Gasteiger charge is 2.25. The Hall–Kier alpha value is -3.04. The lowest BCUT2D eigenvalue weighted by Gasteiger charge is -2.30. The number of amides is 2. The van der Waals surface area contributed by atoms with Crippen LogP contribution in [0.2, 0.25) is 0 Å².